The van der Waals surface area contributed by atoms with Gasteiger partial charge in [0.1, 0.15) is 16.9 Å². The van der Waals surface area contributed by atoms with Gasteiger partial charge in [-0.2, -0.15) is 0 Å². The van der Waals surface area contributed by atoms with Crippen LogP contribution in [0.25, 0.3) is 0 Å². The van der Waals surface area contributed by atoms with E-state index < -0.39 is 0 Å². The third kappa shape index (κ3) is 5.26. The van der Waals surface area contributed by atoms with Crippen LogP contribution in [0, 0.1) is 0 Å². The molecule has 0 saturated carbocycles. The topological polar surface area (TPSA) is 67.9 Å². The van der Waals surface area contributed by atoms with E-state index in [1.165, 1.54) is 7.11 Å². The van der Waals surface area contributed by atoms with Crippen LogP contribution in [-0.2, 0) is 11.3 Å². The number of amides is 2. The van der Waals surface area contributed by atoms with Gasteiger partial charge in [0.2, 0.25) is 5.91 Å². The first kappa shape index (κ1) is 23.0. The first-order chi connectivity index (χ1) is 16.0. The Labute approximate surface area is 201 Å². The zero-order valence-electron chi connectivity index (χ0n) is 18.2. The number of hydrogen-bond acceptors (Lipinski definition) is 5. The summed E-state index contributed by atoms with van der Waals surface area (Å²) in [5.41, 5.74) is 3.05. The van der Waals surface area contributed by atoms with E-state index in [-0.39, 0.29) is 17.2 Å². The molecule has 1 N–H and O–H groups in total. The highest BCUT2D eigenvalue weighted by Crippen LogP contribution is 2.39. The second-order valence-electron chi connectivity index (χ2n) is 7.45. The molecule has 6 nitrogen and oxygen atoms in total. The van der Waals surface area contributed by atoms with Gasteiger partial charge in [-0.1, -0.05) is 35.9 Å². The number of nitrogens with zero attached hydrogens (tertiary/aromatic N) is 1. The third-order valence-electron chi connectivity index (χ3n) is 5.35. The molecule has 0 radical (unpaired) electrons. The van der Waals surface area contributed by atoms with Crippen molar-refractivity contribution in [3.05, 3.63) is 88.4 Å². The fourth-order valence-corrected chi connectivity index (χ4v) is 4.90. The van der Waals surface area contributed by atoms with Crippen LogP contribution in [0.1, 0.15) is 26.9 Å². The summed E-state index contributed by atoms with van der Waals surface area (Å²) in [6, 6.07) is 20.0. The summed E-state index contributed by atoms with van der Waals surface area (Å²) < 4.78 is 10.5. The number of ether oxygens (including phenoxy) is 2. The smallest absolute Gasteiger partial charge is 0.255 e. The Balaban J connectivity index is 1.47. The number of anilines is 1. The lowest BCUT2D eigenvalue weighted by Crippen LogP contribution is -2.27. The quantitative estimate of drug-likeness (QED) is 0.489. The van der Waals surface area contributed by atoms with Crippen LogP contribution in [-0.4, -0.2) is 36.7 Å². The van der Waals surface area contributed by atoms with Crippen molar-refractivity contribution in [3.63, 3.8) is 0 Å². The number of carbonyl (C=O) groups excluding carboxylic acids is 2. The highest BCUT2D eigenvalue weighted by molar-refractivity contribution is 8.00. The fourth-order valence-electron chi connectivity index (χ4n) is 3.58. The molecule has 0 aliphatic carbocycles. The number of thioether (sulfide) groups is 1. The lowest BCUT2D eigenvalue weighted by molar-refractivity contribution is -0.128. The molecule has 1 aliphatic rings. The van der Waals surface area contributed by atoms with Gasteiger partial charge in [0.05, 0.1) is 25.7 Å². The van der Waals surface area contributed by atoms with Crippen molar-refractivity contribution < 1.29 is 19.1 Å². The first-order valence-electron chi connectivity index (χ1n) is 10.3. The zero-order valence-corrected chi connectivity index (χ0v) is 19.8. The minimum atomic E-state index is -0.252. The molecule has 3 aromatic rings. The van der Waals surface area contributed by atoms with Gasteiger partial charge in [0.25, 0.3) is 5.91 Å². The van der Waals surface area contributed by atoms with Crippen molar-refractivity contribution in [3.8, 4) is 11.5 Å². The van der Waals surface area contributed by atoms with Gasteiger partial charge < -0.3 is 19.7 Å². The van der Waals surface area contributed by atoms with Crippen molar-refractivity contribution in [2.75, 3.05) is 25.3 Å². The van der Waals surface area contributed by atoms with Crippen LogP contribution in [0.5, 0.6) is 11.5 Å². The van der Waals surface area contributed by atoms with E-state index in [9.17, 15) is 9.59 Å². The third-order valence-corrected chi connectivity index (χ3v) is 6.86. The Morgan fingerprint density at radius 1 is 1.06 bits per heavy atom. The monoisotopic (exact) mass is 482 g/mol. The predicted octanol–water partition coefficient (Wildman–Crippen LogP) is 5.38. The van der Waals surface area contributed by atoms with Crippen molar-refractivity contribution in [1.29, 1.82) is 0 Å². The highest BCUT2D eigenvalue weighted by atomic mass is 35.5. The maximum atomic E-state index is 12.8. The minimum Gasteiger partial charge on any atom is -0.497 e. The first-order valence-corrected chi connectivity index (χ1v) is 11.7. The van der Waals surface area contributed by atoms with E-state index in [4.69, 9.17) is 21.1 Å². The number of carbonyl (C=O) groups is 2. The zero-order chi connectivity index (χ0) is 23.4. The van der Waals surface area contributed by atoms with Crippen LogP contribution in [0.4, 0.5) is 5.69 Å². The lowest BCUT2D eigenvalue weighted by atomic mass is 10.1. The molecule has 1 saturated heterocycles. The van der Waals surface area contributed by atoms with Gasteiger partial charge in [-0.15, -0.1) is 11.8 Å². The van der Waals surface area contributed by atoms with Crippen LogP contribution in [0.2, 0.25) is 5.02 Å². The Morgan fingerprint density at radius 2 is 1.79 bits per heavy atom. The number of methoxy groups -OCH3 is 2. The molecule has 33 heavy (non-hydrogen) atoms. The molecule has 0 spiro atoms. The molecule has 4 rings (SSSR count). The molecular weight excluding hydrogens is 460 g/mol. The Hall–Kier alpha value is -3.16. The van der Waals surface area contributed by atoms with Crippen molar-refractivity contribution >= 4 is 40.9 Å². The summed E-state index contributed by atoms with van der Waals surface area (Å²) in [7, 11) is 3.11. The predicted molar refractivity (Wildman–Crippen MR) is 131 cm³/mol. The van der Waals surface area contributed by atoms with Crippen molar-refractivity contribution in [2.45, 2.75) is 11.9 Å². The highest BCUT2D eigenvalue weighted by Gasteiger charge is 2.32. The van der Waals surface area contributed by atoms with Gasteiger partial charge in [0.15, 0.2) is 0 Å². The van der Waals surface area contributed by atoms with Crippen LogP contribution in [0.15, 0.2) is 66.7 Å². The van der Waals surface area contributed by atoms with E-state index in [0.29, 0.717) is 40.1 Å². The Morgan fingerprint density at radius 3 is 2.45 bits per heavy atom. The molecule has 0 unspecified atom stereocenters. The van der Waals surface area contributed by atoms with E-state index >= 15 is 0 Å². The lowest BCUT2D eigenvalue weighted by Gasteiger charge is -2.24. The summed E-state index contributed by atoms with van der Waals surface area (Å²) in [6.07, 6.45) is 0. The van der Waals surface area contributed by atoms with Crippen LogP contribution in [0.3, 0.4) is 0 Å². The standard InChI is InChI=1S/C25H23ClN2O4S/c1-31-20-11-12-21(22(13-20)32-2)27-24(30)17-5-7-18(8-6-17)25-28(23(29)15-33-25)14-16-3-9-19(26)10-4-16/h3-13,25H,14-15H2,1-2H3,(H,27,30)/t25-/m0/s1. The summed E-state index contributed by atoms with van der Waals surface area (Å²) in [6.45, 7) is 0.507. The van der Waals surface area contributed by atoms with Gasteiger partial charge in [-0.3, -0.25) is 9.59 Å². The van der Waals surface area contributed by atoms with Crippen molar-refractivity contribution in [2.24, 2.45) is 0 Å². The Kier molecular flexibility index (Phi) is 7.11. The molecule has 0 bridgehead atoms. The van der Waals surface area contributed by atoms with Gasteiger partial charge in [-0.05, 0) is 47.5 Å². The molecule has 0 aromatic heterocycles. The average Bonchev–Trinajstić information content (AvgIpc) is 3.20. The number of rotatable bonds is 7. The summed E-state index contributed by atoms with van der Waals surface area (Å²) in [5.74, 6) is 1.42. The Bertz CT molecular complexity index is 1150. The van der Waals surface area contributed by atoms with E-state index in [0.717, 1.165) is 11.1 Å². The van der Waals surface area contributed by atoms with E-state index in [2.05, 4.69) is 5.32 Å². The van der Waals surface area contributed by atoms with Crippen LogP contribution >= 0.6 is 23.4 Å². The normalized spacial score (nSPS) is 15.4. The largest absolute Gasteiger partial charge is 0.497 e. The molecule has 2 amide bonds. The molecule has 3 aromatic carbocycles. The summed E-state index contributed by atoms with van der Waals surface area (Å²) in [4.78, 5) is 27.1. The maximum absolute atomic E-state index is 12.8. The van der Waals surface area contributed by atoms with Crippen molar-refractivity contribution in [1.82, 2.24) is 4.90 Å². The number of hydrogen-bond donors (Lipinski definition) is 1. The number of halogens is 1. The second kappa shape index (κ2) is 10.2. The van der Waals surface area contributed by atoms with E-state index in [1.54, 1.807) is 49.2 Å². The molecule has 170 valence electrons. The molecule has 1 heterocycles. The second-order valence-corrected chi connectivity index (χ2v) is 8.96. The van der Waals surface area contributed by atoms with Gasteiger partial charge in [0, 0.05) is 23.2 Å². The summed E-state index contributed by atoms with van der Waals surface area (Å²) >= 11 is 7.55. The number of benzene rings is 3. The van der Waals surface area contributed by atoms with E-state index in [1.807, 2.05) is 41.3 Å². The molecule has 8 heteroatoms. The van der Waals surface area contributed by atoms with Gasteiger partial charge >= 0.3 is 0 Å². The van der Waals surface area contributed by atoms with Gasteiger partial charge in [-0.25, -0.2) is 0 Å². The minimum absolute atomic E-state index is 0.0911. The fraction of sp³-hybridized carbons (Fsp3) is 0.200. The molecule has 1 fully saturated rings. The molecular formula is C25H23ClN2O4S. The number of nitrogens with one attached hydrogen (secondary N) is 1. The molecule has 1 atom stereocenters. The van der Waals surface area contributed by atoms with Crippen LogP contribution < -0.4 is 14.8 Å². The SMILES string of the molecule is COc1ccc(NC(=O)c2ccc([C@@H]3SCC(=O)N3Cc3ccc(Cl)cc3)cc2)c(OC)c1. The average molecular weight is 483 g/mol. The molecule has 1 aliphatic heterocycles. The summed E-state index contributed by atoms with van der Waals surface area (Å²) in [5, 5.41) is 3.43. The maximum Gasteiger partial charge on any atom is 0.255 e.